The molecule has 1 saturated carbocycles. The van der Waals surface area contributed by atoms with E-state index < -0.39 is 0 Å². The molecule has 1 aliphatic rings. The Bertz CT molecular complexity index is 365. The normalized spacial score (nSPS) is 17.6. The van der Waals surface area contributed by atoms with Crippen LogP contribution in [0, 0.1) is 0 Å². The van der Waals surface area contributed by atoms with Crippen molar-refractivity contribution in [3.63, 3.8) is 0 Å². The summed E-state index contributed by atoms with van der Waals surface area (Å²) in [5.74, 6) is 0.987. The van der Waals surface area contributed by atoms with Crippen molar-refractivity contribution < 1.29 is 4.74 Å². The van der Waals surface area contributed by atoms with E-state index in [9.17, 15) is 0 Å². The third-order valence-corrected chi connectivity index (χ3v) is 4.23. The molecule has 0 radical (unpaired) electrons. The number of ether oxygens (including phenoxy) is 1. The summed E-state index contributed by atoms with van der Waals surface area (Å²) in [7, 11) is 0. The van der Waals surface area contributed by atoms with Gasteiger partial charge in [-0.2, -0.15) is 0 Å². The number of hydrogen-bond acceptors (Lipinski definition) is 2. The van der Waals surface area contributed by atoms with Crippen LogP contribution >= 0.6 is 0 Å². The van der Waals surface area contributed by atoms with Crippen molar-refractivity contribution >= 4 is 0 Å². The number of benzene rings is 1. The first-order valence-corrected chi connectivity index (χ1v) is 7.75. The molecule has 0 spiro atoms. The van der Waals surface area contributed by atoms with E-state index in [1.54, 1.807) is 0 Å². The van der Waals surface area contributed by atoms with Crippen molar-refractivity contribution in [2.45, 2.75) is 51.4 Å². The van der Waals surface area contributed by atoms with Gasteiger partial charge in [-0.3, -0.25) is 0 Å². The smallest absolute Gasteiger partial charge is 0.119 e. The molecule has 19 heavy (non-hydrogen) atoms. The molecule has 1 fully saturated rings. The molecule has 0 atom stereocenters. The molecule has 0 unspecified atom stereocenters. The van der Waals surface area contributed by atoms with Gasteiger partial charge in [-0.15, -0.1) is 0 Å². The maximum absolute atomic E-state index is 5.54. The fraction of sp³-hybridized carbons (Fsp3) is 0.647. The van der Waals surface area contributed by atoms with Crippen molar-refractivity contribution in [3.8, 4) is 5.75 Å². The Balaban J connectivity index is 2.09. The van der Waals surface area contributed by atoms with Crippen LogP contribution < -0.4 is 10.1 Å². The Morgan fingerprint density at radius 2 is 1.79 bits per heavy atom. The fourth-order valence-electron chi connectivity index (χ4n) is 3.20. The summed E-state index contributed by atoms with van der Waals surface area (Å²) in [6.45, 7) is 7.24. The zero-order valence-corrected chi connectivity index (χ0v) is 12.4. The second kappa shape index (κ2) is 6.95. The highest BCUT2D eigenvalue weighted by Crippen LogP contribution is 2.41. The van der Waals surface area contributed by atoms with E-state index in [0.29, 0.717) is 5.41 Å². The molecular formula is C17H27NO. The van der Waals surface area contributed by atoms with Gasteiger partial charge in [0.25, 0.3) is 0 Å². The van der Waals surface area contributed by atoms with Crippen LogP contribution in [0.4, 0.5) is 0 Å². The van der Waals surface area contributed by atoms with Crippen molar-refractivity contribution in [1.82, 2.24) is 5.32 Å². The summed E-state index contributed by atoms with van der Waals surface area (Å²) in [6.07, 6.45) is 6.57. The van der Waals surface area contributed by atoms with Crippen molar-refractivity contribution in [2.75, 3.05) is 19.7 Å². The van der Waals surface area contributed by atoms with Crippen LogP contribution in [-0.4, -0.2) is 19.7 Å². The lowest BCUT2D eigenvalue weighted by molar-refractivity contribution is 0.339. The van der Waals surface area contributed by atoms with Crippen molar-refractivity contribution in [1.29, 1.82) is 0 Å². The third kappa shape index (κ3) is 3.50. The van der Waals surface area contributed by atoms with Gasteiger partial charge in [-0.25, -0.2) is 0 Å². The molecule has 0 aromatic heterocycles. The molecule has 2 heteroatoms. The van der Waals surface area contributed by atoms with Crippen molar-refractivity contribution in [2.24, 2.45) is 0 Å². The average Bonchev–Trinajstić information content (AvgIpc) is 2.90. The molecule has 1 aromatic carbocycles. The molecule has 106 valence electrons. The number of rotatable bonds is 7. The topological polar surface area (TPSA) is 21.3 Å². The maximum Gasteiger partial charge on any atom is 0.119 e. The predicted molar refractivity (Wildman–Crippen MR) is 80.9 cm³/mol. The maximum atomic E-state index is 5.54. The molecule has 1 aliphatic carbocycles. The first kappa shape index (κ1) is 14.4. The largest absolute Gasteiger partial charge is 0.494 e. The highest BCUT2D eigenvalue weighted by Gasteiger charge is 2.34. The summed E-state index contributed by atoms with van der Waals surface area (Å²) in [4.78, 5) is 0. The SMILES string of the molecule is CCCNCC1(c2ccc(OCC)cc2)CCCC1. The minimum Gasteiger partial charge on any atom is -0.494 e. The summed E-state index contributed by atoms with van der Waals surface area (Å²) in [5, 5.41) is 3.62. The Kier molecular flexibility index (Phi) is 5.26. The average molecular weight is 261 g/mol. The minimum absolute atomic E-state index is 0.361. The molecular weight excluding hydrogens is 234 g/mol. The van der Waals surface area contributed by atoms with E-state index in [1.165, 1.54) is 37.7 Å². The molecule has 2 nitrogen and oxygen atoms in total. The fourth-order valence-corrected chi connectivity index (χ4v) is 3.20. The van der Waals surface area contributed by atoms with Crippen LogP contribution in [0.3, 0.4) is 0 Å². The Morgan fingerprint density at radius 1 is 1.11 bits per heavy atom. The molecule has 0 amide bonds. The van der Waals surface area contributed by atoms with Crippen molar-refractivity contribution in [3.05, 3.63) is 29.8 Å². The molecule has 1 aromatic rings. The van der Waals surface area contributed by atoms with E-state index in [2.05, 4.69) is 36.5 Å². The van der Waals surface area contributed by atoms with Gasteiger partial charge in [0.15, 0.2) is 0 Å². The Labute approximate surface area is 117 Å². The summed E-state index contributed by atoms with van der Waals surface area (Å²) in [5.41, 5.74) is 1.84. The van der Waals surface area contributed by atoms with Gasteiger partial charge in [0.1, 0.15) is 5.75 Å². The van der Waals surface area contributed by atoms with E-state index in [1.807, 2.05) is 6.92 Å². The minimum atomic E-state index is 0.361. The molecule has 0 heterocycles. The first-order chi connectivity index (χ1) is 9.30. The van der Waals surface area contributed by atoms with Crippen LogP contribution in [0.25, 0.3) is 0 Å². The van der Waals surface area contributed by atoms with Gasteiger partial charge in [0, 0.05) is 12.0 Å². The quantitative estimate of drug-likeness (QED) is 0.752. The van der Waals surface area contributed by atoms with Gasteiger partial charge >= 0.3 is 0 Å². The second-order valence-electron chi connectivity index (χ2n) is 5.62. The lowest BCUT2D eigenvalue weighted by atomic mass is 9.79. The van der Waals surface area contributed by atoms with E-state index >= 15 is 0 Å². The molecule has 0 aliphatic heterocycles. The van der Waals surface area contributed by atoms with Crippen LogP contribution in [0.5, 0.6) is 5.75 Å². The zero-order valence-electron chi connectivity index (χ0n) is 12.4. The van der Waals surface area contributed by atoms with Crippen LogP contribution in [-0.2, 0) is 5.41 Å². The third-order valence-electron chi connectivity index (χ3n) is 4.23. The van der Waals surface area contributed by atoms with Crippen LogP contribution in [0.2, 0.25) is 0 Å². The standard InChI is InChI=1S/C17H27NO/c1-3-13-18-14-17(11-5-6-12-17)15-7-9-16(10-8-15)19-4-2/h7-10,18H,3-6,11-14H2,1-2H3. The second-order valence-corrected chi connectivity index (χ2v) is 5.62. The molecule has 0 saturated heterocycles. The number of hydrogen-bond donors (Lipinski definition) is 1. The lowest BCUT2D eigenvalue weighted by Gasteiger charge is -2.30. The highest BCUT2D eigenvalue weighted by molar-refractivity contribution is 5.33. The first-order valence-electron chi connectivity index (χ1n) is 7.75. The summed E-state index contributed by atoms with van der Waals surface area (Å²) >= 11 is 0. The Morgan fingerprint density at radius 3 is 2.37 bits per heavy atom. The number of nitrogens with one attached hydrogen (secondary N) is 1. The van der Waals surface area contributed by atoms with Crippen LogP contribution in [0.1, 0.15) is 51.5 Å². The van der Waals surface area contributed by atoms with Gasteiger partial charge in [0.05, 0.1) is 6.61 Å². The summed E-state index contributed by atoms with van der Waals surface area (Å²) < 4.78 is 5.54. The highest BCUT2D eigenvalue weighted by atomic mass is 16.5. The zero-order chi connectivity index (χ0) is 13.6. The molecule has 1 N–H and O–H groups in total. The Hall–Kier alpha value is -1.02. The van der Waals surface area contributed by atoms with Gasteiger partial charge in [0.2, 0.25) is 0 Å². The van der Waals surface area contributed by atoms with Gasteiger partial charge in [-0.05, 0) is 50.4 Å². The van der Waals surface area contributed by atoms with E-state index in [4.69, 9.17) is 4.74 Å². The lowest BCUT2D eigenvalue weighted by Crippen LogP contribution is -2.36. The van der Waals surface area contributed by atoms with Gasteiger partial charge in [-0.1, -0.05) is 31.9 Å². The molecule has 2 rings (SSSR count). The monoisotopic (exact) mass is 261 g/mol. The molecule has 0 bridgehead atoms. The van der Waals surface area contributed by atoms with E-state index in [0.717, 1.165) is 25.4 Å². The summed E-state index contributed by atoms with van der Waals surface area (Å²) in [6, 6.07) is 8.78. The van der Waals surface area contributed by atoms with Gasteiger partial charge < -0.3 is 10.1 Å². The van der Waals surface area contributed by atoms with Crippen LogP contribution in [0.15, 0.2) is 24.3 Å². The van der Waals surface area contributed by atoms with E-state index in [-0.39, 0.29) is 0 Å². The predicted octanol–water partition coefficient (Wildman–Crippen LogP) is 3.90.